The molecular formula is C9H7FN2O. The number of rotatable bonds is 1. The number of aromatic nitrogens is 1. The molecule has 0 atom stereocenters. The molecule has 1 heterocycles. The summed E-state index contributed by atoms with van der Waals surface area (Å²) in [6.45, 7) is 0. The van der Waals surface area contributed by atoms with Crippen molar-refractivity contribution in [2.45, 2.75) is 0 Å². The standard InChI is InChI=1S/C9H7FN2O/c10-7-4-6(9(11)13)3-5-1-2-12-8(5)7/h1-4,12H,(H2,11,13). The van der Waals surface area contributed by atoms with E-state index in [9.17, 15) is 9.18 Å². The highest BCUT2D eigenvalue weighted by molar-refractivity contribution is 5.97. The molecule has 66 valence electrons. The first-order valence-corrected chi connectivity index (χ1v) is 3.75. The molecule has 0 unspecified atom stereocenters. The minimum Gasteiger partial charge on any atom is -0.366 e. The van der Waals surface area contributed by atoms with E-state index in [4.69, 9.17) is 5.73 Å². The molecule has 4 heteroatoms. The van der Waals surface area contributed by atoms with Gasteiger partial charge in [0.25, 0.3) is 0 Å². The fourth-order valence-electron chi connectivity index (χ4n) is 1.27. The Balaban J connectivity index is 2.77. The van der Waals surface area contributed by atoms with E-state index in [1.54, 1.807) is 18.3 Å². The molecule has 0 aliphatic rings. The molecule has 0 aliphatic heterocycles. The third-order valence-electron chi connectivity index (χ3n) is 1.90. The number of fused-ring (bicyclic) bond motifs is 1. The average molecular weight is 178 g/mol. The summed E-state index contributed by atoms with van der Waals surface area (Å²) in [5, 5.41) is 0.647. The lowest BCUT2D eigenvalue weighted by Gasteiger charge is -1.97. The van der Waals surface area contributed by atoms with Crippen molar-refractivity contribution in [3.05, 3.63) is 35.8 Å². The Morgan fingerprint density at radius 1 is 1.46 bits per heavy atom. The number of nitrogens with two attached hydrogens (primary N) is 1. The topological polar surface area (TPSA) is 58.9 Å². The lowest BCUT2D eigenvalue weighted by Crippen LogP contribution is -2.10. The number of primary amides is 1. The summed E-state index contributed by atoms with van der Waals surface area (Å²) in [6.07, 6.45) is 1.61. The van der Waals surface area contributed by atoms with Crippen LogP contribution in [0.4, 0.5) is 4.39 Å². The van der Waals surface area contributed by atoms with Crippen molar-refractivity contribution >= 4 is 16.8 Å². The quantitative estimate of drug-likeness (QED) is 0.681. The van der Waals surface area contributed by atoms with E-state index in [2.05, 4.69) is 4.98 Å². The fraction of sp³-hybridized carbons (Fsp3) is 0. The van der Waals surface area contributed by atoms with Crippen LogP contribution >= 0.6 is 0 Å². The average Bonchev–Trinajstić information content (AvgIpc) is 2.51. The lowest BCUT2D eigenvalue weighted by atomic mass is 10.1. The van der Waals surface area contributed by atoms with Gasteiger partial charge in [0, 0.05) is 17.1 Å². The van der Waals surface area contributed by atoms with Crippen LogP contribution in [0, 0.1) is 5.82 Å². The number of H-pyrrole nitrogens is 1. The molecular weight excluding hydrogens is 171 g/mol. The second-order valence-corrected chi connectivity index (χ2v) is 2.76. The molecule has 1 aromatic carbocycles. The monoisotopic (exact) mass is 178 g/mol. The van der Waals surface area contributed by atoms with Gasteiger partial charge in [-0.15, -0.1) is 0 Å². The highest BCUT2D eigenvalue weighted by Gasteiger charge is 2.07. The minimum absolute atomic E-state index is 0.185. The number of benzene rings is 1. The molecule has 0 radical (unpaired) electrons. The van der Waals surface area contributed by atoms with E-state index in [1.165, 1.54) is 0 Å². The molecule has 3 nitrogen and oxygen atoms in total. The number of amides is 1. The Morgan fingerprint density at radius 3 is 2.92 bits per heavy atom. The van der Waals surface area contributed by atoms with E-state index < -0.39 is 11.7 Å². The van der Waals surface area contributed by atoms with Gasteiger partial charge in [-0.2, -0.15) is 0 Å². The van der Waals surface area contributed by atoms with Crippen LogP contribution in [0.1, 0.15) is 10.4 Å². The molecule has 1 aromatic heterocycles. The third-order valence-corrected chi connectivity index (χ3v) is 1.90. The molecule has 0 bridgehead atoms. The van der Waals surface area contributed by atoms with Gasteiger partial charge < -0.3 is 10.7 Å². The molecule has 2 rings (SSSR count). The zero-order valence-corrected chi connectivity index (χ0v) is 6.67. The second-order valence-electron chi connectivity index (χ2n) is 2.76. The number of hydrogen-bond donors (Lipinski definition) is 2. The third kappa shape index (κ3) is 1.16. The molecule has 0 fully saturated rings. The largest absolute Gasteiger partial charge is 0.366 e. The van der Waals surface area contributed by atoms with Gasteiger partial charge in [0.15, 0.2) is 0 Å². The van der Waals surface area contributed by atoms with Crippen molar-refractivity contribution in [1.82, 2.24) is 4.98 Å². The SMILES string of the molecule is NC(=O)c1cc(F)c2[nH]ccc2c1. The van der Waals surface area contributed by atoms with E-state index in [0.717, 1.165) is 6.07 Å². The van der Waals surface area contributed by atoms with Crippen LogP contribution in [-0.2, 0) is 0 Å². The fourth-order valence-corrected chi connectivity index (χ4v) is 1.27. The van der Waals surface area contributed by atoms with Crippen LogP contribution in [0.15, 0.2) is 24.4 Å². The first-order chi connectivity index (χ1) is 6.18. The molecule has 3 N–H and O–H groups in total. The summed E-state index contributed by atoms with van der Waals surface area (Å²) in [5.74, 6) is -1.08. The summed E-state index contributed by atoms with van der Waals surface area (Å²) < 4.78 is 13.2. The summed E-state index contributed by atoms with van der Waals surface area (Å²) in [6, 6.07) is 4.36. The van der Waals surface area contributed by atoms with Gasteiger partial charge in [-0.1, -0.05) is 0 Å². The Morgan fingerprint density at radius 2 is 2.23 bits per heavy atom. The minimum atomic E-state index is -0.623. The van der Waals surface area contributed by atoms with Gasteiger partial charge in [-0.05, 0) is 18.2 Å². The number of hydrogen-bond acceptors (Lipinski definition) is 1. The normalized spacial score (nSPS) is 10.5. The number of carbonyl (C=O) groups is 1. The van der Waals surface area contributed by atoms with Crippen molar-refractivity contribution in [3.63, 3.8) is 0 Å². The zero-order valence-electron chi connectivity index (χ0n) is 6.67. The summed E-state index contributed by atoms with van der Waals surface area (Å²) in [5.41, 5.74) is 5.60. The zero-order chi connectivity index (χ0) is 9.42. The van der Waals surface area contributed by atoms with Gasteiger partial charge in [-0.3, -0.25) is 4.79 Å². The Bertz CT molecular complexity index is 475. The van der Waals surface area contributed by atoms with E-state index in [1.807, 2.05) is 0 Å². The van der Waals surface area contributed by atoms with Crippen molar-refractivity contribution < 1.29 is 9.18 Å². The van der Waals surface area contributed by atoms with Crippen LogP contribution in [0.3, 0.4) is 0 Å². The number of halogens is 1. The first kappa shape index (κ1) is 7.79. The maximum absolute atomic E-state index is 13.2. The summed E-state index contributed by atoms with van der Waals surface area (Å²) >= 11 is 0. The second kappa shape index (κ2) is 2.58. The number of nitrogens with one attached hydrogen (secondary N) is 1. The molecule has 2 aromatic rings. The van der Waals surface area contributed by atoms with Crippen LogP contribution < -0.4 is 5.73 Å². The van der Waals surface area contributed by atoms with Gasteiger partial charge in [0.1, 0.15) is 5.82 Å². The van der Waals surface area contributed by atoms with Gasteiger partial charge >= 0.3 is 0 Å². The van der Waals surface area contributed by atoms with Gasteiger partial charge in [0.2, 0.25) is 5.91 Å². The molecule has 0 saturated heterocycles. The smallest absolute Gasteiger partial charge is 0.248 e. The van der Waals surface area contributed by atoms with E-state index in [-0.39, 0.29) is 5.56 Å². The van der Waals surface area contributed by atoms with Crippen LogP contribution in [0.2, 0.25) is 0 Å². The van der Waals surface area contributed by atoms with Crippen LogP contribution in [0.25, 0.3) is 10.9 Å². The Kier molecular flexibility index (Phi) is 1.55. The summed E-state index contributed by atoms with van der Waals surface area (Å²) in [7, 11) is 0. The van der Waals surface area contributed by atoms with E-state index >= 15 is 0 Å². The molecule has 0 saturated carbocycles. The lowest BCUT2D eigenvalue weighted by molar-refractivity contribution is 0.1000. The van der Waals surface area contributed by atoms with E-state index in [0.29, 0.717) is 10.9 Å². The van der Waals surface area contributed by atoms with Crippen LogP contribution in [0.5, 0.6) is 0 Å². The summed E-state index contributed by atoms with van der Waals surface area (Å²) in [4.78, 5) is 13.5. The molecule has 13 heavy (non-hydrogen) atoms. The first-order valence-electron chi connectivity index (χ1n) is 3.75. The van der Waals surface area contributed by atoms with Crippen LogP contribution in [-0.4, -0.2) is 10.9 Å². The number of aromatic amines is 1. The number of carbonyl (C=O) groups excluding carboxylic acids is 1. The van der Waals surface area contributed by atoms with Gasteiger partial charge in [-0.25, -0.2) is 4.39 Å². The Hall–Kier alpha value is -1.84. The predicted molar refractivity (Wildman–Crippen MR) is 46.8 cm³/mol. The van der Waals surface area contributed by atoms with Gasteiger partial charge in [0.05, 0.1) is 5.52 Å². The van der Waals surface area contributed by atoms with Crippen molar-refractivity contribution in [3.8, 4) is 0 Å². The molecule has 0 aliphatic carbocycles. The molecule has 0 spiro atoms. The van der Waals surface area contributed by atoms with Crippen molar-refractivity contribution in [1.29, 1.82) is 0 Å². The maximum atomic E-state index is 13.2. The van der Waals surface area contributed by atoms with Crippen molar-refractivity contribution in [2.75, 3.05) is 0 Å². The highest BCUT2D eigenvalue weighted by atomic mass is 19.1. The predicted octanol–water partition coefficient (Wildman–Crippen LogP) is 1.41. The molecule has 1 amide bonds. The van der Waals surface area contributed by atoms with Crippen molar-refractivity contribution in [2.24, 2.45) is 5.73 Å². The highest BCUT2D eigenvalue weighted by Crippen LogP contribution is 2.17. The maximum Gasteiger partial charge on any atom is 0.248 e. The Labute approximate surface area is 73.4 Å².